The van der Waals surface area contributed by atoms with Gasteiger partial charge in [-0.15, -0.1) is 17.0 Å². The highest BCUT2D eigenvalue weighted by Crippen LogP contribution is 2.26. The minimum Gasteiger partial charge on any atom is -0.508 e. The second kappa shape index (κ2) is 3.84. The van der Waals surface area contributed by atoms with Gasteiger partial charge in [0.25, 0.3) is 0 Å². The first-order valence-corrected chi connectivity index (χ1v) is 4.02. The molecule has 0 atom stereocenters. The molecule has 0 aliphatic heterocycles. The highest BCUT2D eigenvalue weighted by molar-refractivity contribution is 8.93. The number of nitrogens with two attached hydrogens (primary N) is 1. The molecule has 0 saturated heterocycles. The molecule has 74 valence electrons. The van der Waals surface area contributed by atoms with Crippen molar-refractivity contribution < 1.29 is 5.11 Å². The SMILES string of the molecule is Br.Cc1cc2c(N)nccc2cc1O. The number of phenols is 1. The number of halogens is 1. The first kappa shape index (κ1) is 10.8. The molecule has 1 aromatic carbocycles. The predicted octanol–water partition coefficient (Wildman–Crippen LogP) is 2.41. The molecular formula is C10H11BrN2O. The lowest BCUT2D eigenvalue weighted by Crippen LogP contribution is -1.91. The molecule has 0 amide bonds. The molecule has 0 fully saturated rings. The van der Waals surface area contributed by atoms with Gasteiger partial charge < -0.3 is 10.8 Å². The van der Waals surface area contributed by atoms with Crippen molar-refractivity contribution in [2.45, 2.75) is 6.92 Å². The van der Waals surface area contributed by atoms with Crippen molar-refractivity contribution in [1.29, 1.82) is 0 Å². The Bertz CT molecular complexity index is 471. The molecule has 14 heavy (non-hydrogen) atoms. The lowest BCUT2D eigenvalue weighted by atomic mass is 10.1. The average Bonchev–Trinajstić information content (AvgIpc) is 2.09. The van der Waals surface area contributed by atoms with Gasteiger partial charge in [0.15, 0.2) is 0 Å². The molecule has 0 unspecified atom stereocenters. The Kier molecular flexibility index (Phi) is 2.96. The third-order valence-electron chi connectivity index (χ3n) is 2.11. The van der Waals surface area contributed by atoms with Crippen LogP contribution in [0, 0.1) is 6.92 Å². The Labute approximate surface area is 92.3 Å². The van der Waals surface area contributed by atoms with E-state index < -0.39 is 0 Å². The highest BCUT2D eigenvalue weighted by Gasteiger charge is 2.02. The van der Waals surface area contributed by atoms with Crippen molar-refractivity contribution in [2.24, 2.45) is 0 Å². The maximum atomic E-state index is 9.45. The second-order valence-electron chi connectivity index (χ2n) is 3.06. The quantitative estimate of drug-likeness (QED) is 0.759. The van der Waals surface area contributed by atoms with E-state index in [0.29, 0.717) is 5.82 Å². The molecule has 2 rings (SSSR count). The van der Waals surface area contributed by atoms with E-state index >= 15 is 0 Å². The number of phenolic OH excluding ortho intramolecular Hbond substituents is 1. The van der Waals surface area contributed by atoms with Crippen LogP contribution in [0.15, 0.2) is 24.4 Å². The maximum absolute atomic E-state index is 9.45. The molecule has 0 radical (unpaired) electrons. The Morgan fingerprint density at radius 3 is 2.79 bits per heavy atom. The molecule has 0 spiro atoms. The van der Waals surface area contributed by atoms with Gasteiger partial charge in [-0.2, -0.15) is 0 Å². The number of anilines is 1. The zero-order valence-corrected chi connectivity index (χ0v) is 9.40. The van der Waals surface area contributed by atoms with Gasteiger partial charge in [0.1, 0.15) is 11.6 Å². The van der Waals surface area contributed by atoms with Crippen molar-refractivity contribution in [1.82, 2.24) is 4.98 Å². The molecule has 3 nitrogen and oxygen atoms in total. The molecular weight excluding hydrogens is 244 g/mol. The fourth-order valence-corrected chi connectivity index (χ4v) is 1.34. The van der Waals surface area contributed by atoms with Gasteiger partial charge in [0, 0.05) is 11.6 Å². The summed E-state index contributed by atoms with van der Waals surface area (Å²) in [7, 11) is 0. The topological polar surface area (TPSA) is 59.1 Å². The normalized spacial score (nSPS) is 9.79. The van der Waals surface area contributed by atoms with Gasteiger partial charge in [-0.1, -0.05) is 0 Å². The number of aryl methyl sites for hydroxylation is 1. The van der Waals surface area contributed by atoms with E-state index in [1.807, 2.05) is 19.1 Å². The first-order valence-electron chi connectivity index (χ1n) is 4.02. The van der Waals surface area contributed by atoms with E-state index in [2.05, 4.69) is 4.98 Å². The van der Waals surface area contributed by atoms with Crippen LogP contribution < -0.4 is 5.73 Å². The van der Waals surface area contributed by atoms with Crippen molar-refractivity contribution in [3.63, 3.8) is 0 Å². The number of rotatable bonds is 0. The van der Waals surface area contributed by atoms with Gasteiger partial charge in [0.05, 0.1) is 0 Å². The molecule has 0 bridgehead atoms. The maximum Gasteiger partial charge on any atom is 0.131 e. The fourth-order valence-electron chi connectivity index (χ4n) is 1.34. The summed E-state index contributed by atoms with van der Waals surface area (Å²) in [6.45, 7) is 1.83. The van der Waals surface area contributed by atoms with Gasteiger partial charge in [-0.25, -0.2) is 4.98 Å². The van der Waals surface area contributed by atoms with Crippen molar-refractivity contribution >= 4 is 33.6 Å². The molecule has 3 N–H and O–H groups in total. The fraction of sp³-hybridized carbons (Fsp3) is 0.100. The summed E-state index contributed by atoms with van der Waals surface area (Å²) in [6, 6.07) is 5.36. The van der Waals surface area contributed by atoms with E-state index in [0.717, 1.165) is 16.3 Å². The summed E-state index contributed by atoms with van der Waals surface area (Å²) >= 11 is 0. The van der Waals surface area contributed by atoms with E-state index in [-0.39, 0.29) is 22.7 Å². The highest BCUT2D eigenvalue weighted by atomic mass is 79.9. The Morgan fingerprint density at radius 2 is 2.07 bits per heavy atom. The first-order chi connectivity index (χ1) is 6.18. The van der Waals surface area contributed by atoms with Crippen molar-refractivity contribution in [2.75, 3.05) is 5.73 Å². The number of fused-ring (bicyclic) bond motifs is 1. The van der Waals surface area contributed by atoms with Crippen LogP contribution in [0.1, 0.15) is 5.56 Å². The molecule has 1 aromatic heterocycles. The molecule has 0 saturated carbocycles. The van der Waals surface area contributed by atoms with Crippen molar-refractivity contribution in [3.05, 3.63) is 30.0 Å². The number of nitrogen functional groups attached to an aromatic ring is 1. The average molecular weight is 255 g/mol. The van der Waals surface area contributed by atoms with Crippen LogP contribution in [0.2, 0.25) is 0 Å². The van der Waals surface area contributed by atoms with Crippen LogP contribution in [0.3, 0.4) is 0 Å². The summed E-state index contributed by atoms with van der Waals surface area (Å²) in [5.74, 6) is 0.790. The van der Waals surface area contributed by atoms with Crippen LogP contribution in [0.4, 0.5) is 5.82 Å². The van der Waals surface area contributed by atoms with Gasteiger partial charge in [-0.05, 0) is 36.1 Å². The molecule has 2 aromatic rings. The third-order valence-corrected chi connectivity index (χ3v) is 2.11. The molecule has 0 aliphatic rings. The summed E-state index contributed by atoms with van der Waals surface area (Å²) in [4.78, 5) is 3.97. The minimum atomic E-state index is 0. The van der Waals surface area contributed by atoms with Crippen LogP contribution >= 0.6 is 17.0 Å². The summed E-state index contributed by atoms with van der Waals surface area (Å²) in [6.07, 6.45) is 1.63. The van der Waals surface area contributed by atoms with Crippen LogP contribution in [-0.4, -0.2) is 10.1 Å². The lowest BCUT2D eigenvalue weighted by Gasteiger charge is -2.03. The van der Waals surface area contributed by atoms with Crippen molar-refractivity contribution in [3.8, 4) is 5.75 Å². The van der Waals surface area contributed by atoms with E-state index in [1.165, 1.54) is 0 Å². The number of hydrogen-bond donors (Lipinski definition) is 2. The van der Waals surface area contributed by atoms with Crippen LogP contribution in [0.25, 0.3) is 10.8 Å². The zero-order chi connectivity index (χ0) is 9.42. The van der Waals surface area contributed by atoms with Crippen LogP contribution in [0.5, 0.6) is 5.75 Å². The lowest BCUT2D eigenvalue weighted by molar-refractivity contribution is 0.472. The number of aromatic hydroxyl groups is 1. The Hall–Kier alpha value is -1.29. The summed E-state index contributed by atoms with van der Waals surface area (Å²) in [5.41, 5.74) is 6.49. The smallest absolute Gasteiger partial charge is 0.131 e. The number of aromatic nitrogens is 1. The second-order valence-corrected chi connectivity index (χ2v) is 3.06. The largest absolute Gasteiger partial charge is 0.508 e. The third kappa shape index (κ3) is 1.65. The number of nitrogens with zero attached hydrogens (tertiary/aromatic N) is 1. The molecule has 4 heteroatoms. The van der Waals surface area contributed by atoms with E-state index in [9.17, 15) is 5.11 Å². The van der Waals surface area contributed by atoms with Gasteiger partial charge >= 0.3 is 0 Å². The predicted molar refractivity (Wildman–Crippen MR) is 62.9 cm³/mol. The van der Waals surface area contributed by atoms with Crippen LogP contribution in [-0.2, 0) is 0 Å². The summed E-state index contributed by atoms with van der Waals surface area (Å²) in [5, 5.41) is 11.2. The van der Waals surface area contributed by atoms with E-state index in [4.69, 9.17) is 5.73 Å². The monoisotopic (exact) mass is 254 g/mol. The standard InChI is InChI=1S/C10H10N2O.BrH/c1-6-4-8-7(5-9(6)13)2-3-12-10(8)11;/h2-5,13H,1H3,(H2,11,12);1H. The Morgan fingerprint density at radius 1 is 1.36 bits per heavy atom. The Balaban J connectivity index is 0.000000980. The zero-order valence-electron chi connectivity index (χ0n) is 7.69. The van der Waals surface area contributed by atoms with Gasteiger partial charge in [0.2, 0.25) is 0 Å². The molecule has 1 heterocycles. The number of pyridine rings is 1. The summed E-state index contributed by atoms with van der Waals surface area (Å²) < 4.78 is 0. The minimum absolute atomic E-state index is 0. The van der Waals surface area contributed by atoms with E-state index in [1.54, 1.807) is 12.3 Å². The number of hydrogen-bond acceptors (Lipinski definition) is 3. The number of benzene rings is 1. The van der Waals surface area contributed by atoms with Gasteiger partial charge in [-0.3, -0.25) is 0 Å². The molecule has 0 aliphatic carbocycles.